The first kappa shape index (κ1) is 22.0. The van der Waals surface area contributed by atoms with Gasteiger partial charge in [0.2, 0.25) is 11.7 Å². The van der Waals surface area contributed by atoms with Crippen LogP contribution in [0, 0.1) is 10.1 Å². The fraction of sp³-hybridized carbons (Fsp3) is 0.381. The number of benzene rings is 2. The maximum absolute atomic E-state index is 12.7. The lowest BCUT2D eigenvalue weighted by Gasteiger charge is -2.25. The summed E-state index contributed by atoms with van der Waals surface area (Å²) < 4.78 is 16.0. The van der Waals surface area contributed by atoms with Gasteiger partial charge in [-0.25, -0.2) is 0 Å². The molecular weight excluding hydrogens is 376 g/mol. The van der Waals surface area contributed by atoms with Gasteiger partial charge in [0.05, 0.1) is 32.3 Å². The van der Waals surface area contributed by atoms with Gasteiger partial charge in [-0.3, -0.25) is 14.9 Å². The highest BCUT2D eigenvalue weighted by atomic mass is 16.6. The van der Waals surface area contributed by atoms with E-state index in [9.17, 15) is 14.9 Å². The summed E-state index contributed by atoms with van der Waals surface area (Å²) in [5, 5.41) is 11.0. The molecule has 2 rings (SSSR count). The Morgan fingerprint density at radius 3 is 2.24 bits per heavy atom. The highest BCUT2D eigenvalue weighted by Gasteiger charge is 2.20. The van der Waals surface area contributed by atoms with Crippen molar-refractivity contribution >= 4 is 11.6 Å². The number of carbonyl (C=O) groups excluding carboxylic acids is 1. The lowest BCUT2D eigenvalue weighted by molar-refractivity contribution is -0.384. The summed E-state index contributed by atoms with van der Waals surface area (Å²) in [5.41, 5.74) is 1.60. The van der Waals surface area contributed by atoms with Crippen LogP contribution < -0.4 is 14.2 Å². The van der Waals surface area contributed by atoms with Crippen LogP contribution in [0.1, 0.15) is 30.5 Å². The van der Waals surface area contributed by atoms with Gasteiger partial charge in [-0.05, 0) is 36.6 Å². The Kier molecular flexibility index (Phi) is 7.41. The van der Waals surface area contributed by atoms with Crippen molar-refractivity contribution in [3.05, 3.63) is 57.6 Å². The standard InChI is InChI=1S/C21H26N2O6/c1-14(16-7-6-8-17(13-16)23(25)26)22(2)20(24)10-9-15-11-18(27-3)21(29-5)19(12-15)28-4/h6-8,11-14H,9-10H2,1-5H3/t14-/m1/s1. The number of nitrogens with zero attached hydrogens (tertiary/aromatic N) is 2. The molecule has 8 nitrogen and oxygen atoms in total. The molecule has 0 aromatic heterocycles. The van der Waals surface area contributed by atoms with Crippen LogP contribution in [0.15, 0.2) is 36.4 Å². The van der Waals surface area contributed by atoms with E-state index >= 15 is 0 Å². The van der Waals surface area contributed by atoms with Gasteiger partial charge in [0.1, 0.15) is 0 Å². The van der Waals surface area contributed by atoms with E-state index in [4.69, 9.17) is 14.2 Å². The number of carbonyl (C=O) groups is 1. The van der Waals surface area contributed by atoms with Gasteiger partial charge in [0, 0.05) is 25.6 Å². The van der Waals surface area contributed by atoms with E-state index in [1.54, 1.807) is 38.3 Å². The van der Waals surface area contributed by atoms with Crippen molar-refractivity contribution in [2.45, 2.75) is 25.8 Å². The third kappa shape index (κ3) is 5.16. The van der Waals surface area contributed by atoms with Gasteiger partial charge in [0.15, 0.2) is 11.5 Å². The third-order valence-electron chi connectivity index (χ3n) is 4.89. The molecule has 0 radical (unpaired) electrons. The van der Waals surface area contributed by atoms with E-state index in [-0.39, 0.29) is 24.1 Å². The number of nitro benzene ring substituents is 1. The van der Waals surface area contributed by atoms with Gasteiger partial charge < -0.3 is 19.1 Å². The summed E-state index contributed by atoms with van der Waals surface area (Å²) in [6.45, 7) is 1.84. The summed E-state index contributed by atoms with van der Waals surface area (Å²) in [6.07, 6.45) is 0.760. The van der Waals surface area contributed by atoms with Gasteiger partial charge in [-0.1, -0.05) is 12.1 Å². The largest absolute Gasteiger partial charge is 0.493 e. The Morgan fingerprint density at radius 1 is 1.10 bits per heavy atom. The minimum absolute atomic E-state index is 0.00706. The lowest BCUT2D eigenvalue weighted by Crippen LogP contribution is -2.29. The Balaban J connectivity index is 2.10. The van der Waals surface area contributed by atoms with Crippen LogP contribution in [-0.2, 0) is 11.2 Å². The summed E-state index contributed by atoms with van der Waals surface area (Å²) in [5.74, 6) is 1.50. The fourth-order valence-electron chi connectivity index (χ4n) is 3.05. The molecule has 0 aliphatic heterocycles. The van der Waals surface area contributed by atoms with E-state index in [0.717, 1.165) is 5.56 Å². The first-order valence-electron chi connectivity index (χ1n) is 9.11. The van der Waals surface area contributed by atoms with Crippen LogP contribution in [0.25, 0.3) is 0 Å². The number of amides is 1. The van der Waals surface area contributed by atoms with E-state index in [0.29, 0.717) is 29.2 Å². The Labute approximate surface area is 170 Å². The summed E-state index contributed by atoms with van der Waals surface area (Å²) in [7, 11) is 6.32. The number of methoxy groups -OCH3 is 3. The van der Waals surface area contributed by atoms with Crippen LogP contribution in [0.2, 0.25) is 0 Å². The lowest BCUT2D eigenvalue weighted by atomic mass is 10.0. The van der Waals surface area contributed by atoms with Crippen molar-refractivity contribution in [3.63, 3.8) is 0 Å². The molecule has 0 aliphatic carbocycles. The molecule has 0 saturated heterocycles. The van der Waals surface area contributed by atoms with Crippen LogP contribution >= 0.6 is 0 Å². The maximum atomic E-state index is 12.7. The zero-order valence-electron chi connectivity index (χ0n) is 17.3. The molecule has 8 heteroatoms. The summed E-state index contributed by atoms with van der Waals surface area (Å²) in [4.78, 5) is 24.8. The SMILES string of the molecule is COc1cc(CCC(=O)N(C)[C@H](C)c2cccc([N+](=O)[O-])c2)cc(OC)c1OC. The molecule has 156 valence electrons. The molecule has 0 heterocycles. The fourth-order valence-corrected chi connectivity index (χ4v) is 3.05. The second-order valence-electron chi connectivity index (χ2n) is 6.57. The normalized spacial score (nSPS) is 11.5. The van der Waals surface area contributed by atoms with Crippen molar-refractivity contribution < 1.29 is 23.9 Å². The summed E-state index contributed by atoms with van der Waals surface area (Å²) >= 11 is 0. The van der Waals surface area contributed by atoms with E-state index in [1.807, 2.05) is 19.1 Å². The van der Waals surface area contributed by atoms with Crippen LogP contribution in [-0.4, -0.2) is 44.1 Å². The molecule has 0 N–H and O–H groups in total. The zero-order valence-corrected chi connectivity index (χ0v) is 17.3. The molecule has 0 aliphatic rings. The van der Waals surface area contributed by atoms with Crippen molar-refractivity contribution in [2.75, 3.05) is 28.4 Å². The minimum atomic E-state index is -0.442. The van der Waals surface area contributed by atoms with Crippen LogP contribution in [0.4, 0.5) is 5.69 Å². The topological polar surface area (TPSA) is 91.1 Å². The molecule has 1 atom stereocenters. The van der Waals surface area contributed by atoms with Crippen LogP contribution in [0.5, 0.6) is 17.2 Å². The molecule has 2 aromatic rings. The van der Waals surface area contributed by atoms with Gasteiger partial charge in [0.25, 0.3) is 5.69 Å². The Morgan fingerprint density at radius 2 is 1.72 bits per heavy atom. The average Bonchev–Trinajstić information content (AvgIpc) is 2.75. The highest BCUT2D eigenvalue weighted by molar-refractivity contribution is 5.76. The number of aryl methyl sites for hydroxylation is 1. The second kappa shape index (κ2) is 9.77. The molecule has 0 unspecified atom stereocenters. The number of rotatable bonds is 9. The van der Waals surface area contributed by atoms with Gasteiger partial charge in [-0.15, -0.1) is 0 Å². The molecule has 0 saturated carbocycles. The van der Waals surface area contributed by atoms with Crippen molar-refractivity contribution in [3.8, 4) is 17.2 Å². The Bertz CT molecular complexity index is 858. The molecule has 1 amide bonds. The highest BCUT2D eigenvalue weighted by Crippen LogP contribution is 2.38. The predicted octanol–water partition coefficient (Wildman–Crippen LogP) is 3.77. The monoisotopic (exact) mass is 402 g/mol. The molecule has 0 spiro atoms. The second-order valence-corrected chi connectivity index (χ2v) is 6.57. The van der Waals surface area contributed by atoms with E-state index in [2.05, 4.69) is 0 Å². The van der Waals surface area contributed by atoms with Gasteiger partial charge in [-0.2, -0.15) is 0 Å². The molecule has 2 aromatic carbocycles. The first-order chi connectivity index (χ1) is 13.8. The minimum Gasteiger partial charge on any atom is -0.493 e. The first-order valence-corrected chi connectivity index (χ1v) is 9.11. The molecule has 0 bridgehead atoms. The summed E-state index contributed by atoms with van der Waals surface area (Å²) in [6, 6.07) is 9.67. The van der Waals surface area contributed by atoms with Crippen molar-refractivity contribution in [2.24, 2.45) is 0 Å². The Hall–Kier alpha value is -3.29. The third-order valence-corrected chi connectivity index (χ3v) is 4.89. The number of nitro groups is 1. The smallest absolute Gasteiger partial charge is 0.269 e. The molecular formula is C21H26N2O6. The van der Waals surface area contributed by atoms with E-state index < -0.39 is 4.92 Å². The van der Waals surface area contributed by atoms with Crippen molar-refractivity contribution in [1.82, 2.24) is 4.90 Å². The maximum Gasteiger partial charge on any atom is 0.269 e. The van der Waals surface area contributed by atoms with Gasteiger partial charge >= 0.3 is 0 Å². The number of hydrogen-bond donors (Lipinski definition) is 0. The molecule has 29 heavy (non-hydrogen) atoms. The van der Waals surface area contributed by atoms with Crippen molar-refractivity contribution in [1.29, 1.82) is 0 Å². The zero-order chi connectivity index (χ0) is 21.6. The molecule has 0 fully saturated rings. The quantitative estimate of drug-likeness (QED) is 0.468. The van der Waals surface area contributed by atoms with E-state index in [1.165, 1.54) is 19.2 Å². The predicted molar refractivity (Wildman–Crippen MR) is 109 cm³/mol. The average molecular weight is 402 g/mol. The van der Waals surface area contributed by atoms with Crippen LogP contribution in [0.3, 0.4) is 0 Å². The number of non-ortho nitro benzene ring substituents is 1. The number of ether oxygens (including phenoxy) is 3. The number of hydrogen-bond acceptors (Lipinski definition) is 6.